The lowest BCUT2D eigenvalue weighted by Gasteiger charge is -1.99. The molecule has 0 spiro atoms. The highest BCUT2D eigenvalue weighted by molar-refractivity contribution is 7.14. The van der Waals surface area contributed by atoms with E-state index in [1.165, 1.54) is 6.92 Å². The van der Waals surface area contributed by atoms with Crippen molar-refractivity contribution in [2.45, 2.75) is 13.5 Å². The number of hydrogen-bond donors (Lipinski definition) is 2. The summed E-state index contributed by atoms with van der Waals surface area (Å²) in [6.07, 6.45) is 0. The van der Waals surface area contributed by atoms with Crippen molar-refractivity contribution in [1.82, 2.24) is 10.3 Å². The first-order chi connectivity index (χ1) is 8.06. The highest BCUT2D eigenvalue weighted by Crippen LogP contribution is 2.19. The molecule has 0 amide bonds. The Morgan fingerprint density at radius 2 is 2.24 bits per heavy atom. The van der Waals surface area contributed by atoms with Crippen LogP contribution in [0, 0.1) is 0 Å². The van der Waals surface area contributed by atoms with E-state index < -0.39 is 5.97 Å². The number of nitrogens with one attached hydrogen (secondary N) is 1. The summed E-state index contributed by atoms with van der Waals surface area (Å²) in [7, 11) is 1.60. The molecule has 0 saturated carbocycles. The maximum atomic E-state index is 11.2. The number of nitrogens with zero attached hydrogens (tertiary/aromatic N) is 1. The van der Waals surface area contributed by atoms with Gasteiger partial charge < -0.3 is 15.2 Å². The summed E-state index contributed by atoms with van der Waals surface area (Å²) in [6.45, 7) is 2.98. The molecule has 0 radical (unpaired) electrons. The van der Waals surface area contributed by atoms with Crippen molar-refractivity contribution in [2.75, 3.05) is 20.3 Å². The number of carboxylic acids is 1. The second-order valence-corrected chi connectivity index (χ2v) is 4.40. The largest absolute Gasteiger partial charge is 0.476 e. The fourth-order valence-corrected chi connectivity index (χ4v) is 2.11. The van der Waals surface area contributed by atoms with Gasteiger partial charge in [0.25, 0.3) is 0 Å². The van der Waals surface area contributed by atoms with Crippen molar-refractivity contribution < 1.29 is 19.4 Å². The van der Waals surface area contributed by atoms with E-state index in [1.807, 2.05) is 0 Å². The smallest absolute Gasteiger partial charge is 0.356 e. The van der Waals surface area contributed by atoms with Crippen LogP contribution < -0.4 is 5.32 Å². The van der Waals surface area contributed by atoms with Crippen LogP contribution in [0.5, 0.6) is 0 Å². The number of thiazole rings is 1. The quantitative estimate of drug-likeness (QED) is 0.555. The molecule has 1 heterocycles. The number of hydrogen-bond acceptors (Lipinski definition) is 6. The van der Waals surface area contributed by atoms with E-state index in [0.717, 1.165) is 11.3 Å². The fourth-order valence-electron chi connectivity index (χ4n) is 1.19. The van der Waals surface area contributed by atoms with Gasteiger partial charge in [0.05, 0.1) is 6.61 Å². The summed E-state index contributed by atoms with van der Waals surface area (Å²) >= 11 is 1.11. The highest BCUT2D eigenvalue weighted by atomic mass is 32.1. The van der Waals surface area contributed by atoms with Crippen LogP contribution in [-0.2, 0) is 11.3 Å². The minimum atomic E-state index is -1.17. The molecule has 1 aromatic heterocycles. The maximum absolute atomic E-state index is 11.2. The molecule has 0 aliphatic heterocycles. The van der Waals surface area contributed by atoms with Crippen LogP contribution >= 0.6 is 11.3 Å². The molecule has 0 bridgehead atoms. The average Bonchev–Trinajstić information content (AvgIpc) is 2.69. The van der Waals surface area contributed by atoms with Crippen molar-refractivity contribution in [2.24, 2.45) is 0 Å². The van der Waals surface area contributed by atoms with E-state index in [2.05, 4.69) is 10.3 Å². The standard InChI is InChI=1S/C10H14N2O4S/c1-6(13)9-8(10(14)15)12-7(17-9)5-11-3-4-16-2/h11H,3-5H2,1-2H3,(H,14,15). The van der Waals surface area contributed by atoms with Gasteiger partial charge in [0, 0.05) is 27.1 Å². The first-order valence-corrected chi connectivity index (χ1v) is 5.81. The third-order valence-corrected chi connectivity index (χ3v) is 3.11. The number of ketones is 1. The third kappa shape index (κ3) is 3.88. The van der Waals surface area contributed by atoms with Crippen LogP contribution in [0.15, 0.2) is 0 Å². The van der Waals surface area contributed by atoms with Crippen LogP contribution in [-0.4, -0.2) is 42.1 Å². The molecule has 0 aromatic carbocycles. The molecule has 0 saturated heterocycles. The van der Waals surface area contributed by atoms with Gasteiger partial charge in [-0.05, 0) is 0 Å². The lowest BCUT2D eigenvalue weighted by molar-refractivity contribution is 0.0686. The molecule has 0 aliphatic rings. The number of rotatable bonds is 7. The van der Waals surface area contributed by atoms with Gasteiger partial charge >= 0.3 is 5.97 Å². The van der Waals surface area contributed by atoms with Gasteiger partial charge in [-0.2, -0.15) is 0 Å². The van der Waals surface area contributed by atoms with Gasteiger partial charge in [-0.3, -0.25) is 4.79 Å². The van der Waals surface area contributed by atoms with Crippen molar-refractivity contribution in [3.8, 4) is 0 Å². The average molecular weight is 258 g/mol. The Morgan fingerprint density at radius 1 is 1.53 bits per heavy atom. The molecular formula is C10H14N2O4S. The topological polar surface area (TPSA) is 88.5 Å². The second kappa shape index (κ2) is 6.43. The number of methoxy groups -OCH3 is 1. The molecule has 7 heteroatoms. The SMILES string of the molecule is COCCNCc1nc(C(=O)O)c(C(C)=O)s1. The number of aromatic nitrogens is 1. The molecule has 0 atom stereocenters. The van der Waals surface area contributed by atoms with Gasteiger partial charge in [0.2, 0.25) is 0 Å². The lowest BCUT2D eigenvalue weighted by atomic mass is 10.3. The summed E-state index contributed by atoms with van der Waals surface area (Å²) in [4.78, 5) is 26.2. The van der Waals surface area contributed by atoms with Crippen molar-refractivity contribution >= 4 is 23.1 Å². The normalized spacial score (nSPS) is 10.5. The maximum Gasteiger partial charge on any atom is 0.356 e. The van der Waals surface area contributed by atoms with Crippen molar-refractivity contribution in [3.05, 3.63) is 15.6 Å². The number of carbonyl (C=O) groups excluding carboxylic acids is 1. The Morgan fingerprint density at radius 3 is 2.71 bits per heavy atom. The minimum absolute atomic E-state index is 0.161. The number of Topliss-reactive ketones (excluding diaryl/α,β-unsaturated/α-hetero) is 1. The van der Waals surface area contributed by atoms with E-state index in [4.69, 9.17) is 9.84 Å². The molecule has 0 aliphatic carbocycles. The first-order valence-electron chi connectivity index (χ1n) is 4.99. The minimum Gasteiger partial charge on any atom is -0.476 e. The van der Waals surface area contributed by atoms with Gasteiger partial charge in [-0.25, -0.2) is 9.78 Å². The zero-order valence-electron chi connectivity index (χ0n) is 9.65. The zero-order valence-corrected chi connectivity index (χ0v) is 10.5. The van der Waals surface area contributed by atoms with E-state index in [9.17, 15) is 9.59 Å². The first kappa shape index (κ1) is 13.8. The number of carboxylic acid groups (broad SMARTS) is 1. The summed E-state index contributed by atoms with van der Waals surface area (Å²) < 4.78 is 4.86. The third-order valence-electron chi connectivity index (χ3n) is 1.95. The Balaban J connectivity index is 2.71. The Labute approximate surface area is 103 Å². The van der Waals surface area contributed by atoms with E-state index >= 15 is 0 Å². The summed E-state index contributed by atoms with van der Waals surface area (Å²) in [5.74, 6) is -1.45. The number of carbonyl (C=O) groups is 2. The van der Waals surface area contributed by atoms with Crippen LogP contribution in [0.2, 0.25) is 0 Å². The summed E-state index contributed by atoms with van der Waals surface area (Å²) in [5, 5.41) is 12.5. The van der Waals surface area contributed by atoms with E-state index in [-0.39, 0.29) is 16.4 Å². The molecule has 6 nitrogen and oxygen atoms in total. The van der Waals surface area contributed by atoms with Gasteiger partial charge in [0.1, 0.15) is 9.88 Å². The van der Waals surface area contributed by atoms with Crippen molar-refractivity contribution in [1.29, 1.82) is 0 Å². The van der Waals surface area contributed by atoms with Gasteiger partial charge in [-0.15, -0.1) is 11.3 Å². The van der Waals surface area contributed by atoms with E-state index in [1.54, 1.807) is 7.11 Å². The molecule has 1 rings (SSSR count). The predicted molar refractivity (Wildman–Crippen MR) is 62.7 cm³/mol. The van der Waals surface area contributed by atoms with Crippen LogP contribution in [0.3, 0.4) is 0 Å². The Bertz CT molecular complexity index is 385. The number of aromatic carboxylic acids is 1. The molecule has 1 aromatic rings. The Hall–Kier alpha value is -1.31. The van der Waals surface area contributed by atoms with Crippen molar-refractivity contribution in [3.63, 3.8) is 0 Å². The fraction of sp³-hybridized carbons (Fsp3) is 0.500. The zero-order chi connectivity index (χ0) is 12.8. The Kier molecular flexibility index (Phi) is 5.20. The number of ether oxygens (including phenoxy) is 1. The predicted octanol–water partition coefficient (Wildman–Crippen LogP) is 0.780. The van der Waals surface area contributed by atoms with Crippen LogP contribution in [0.1, 0.15) is 32.1 Å². The lowest BCUT2D eigenvalue weighted by Crippen LogP contribution is -2.18. The monoisotopic (exact) mass is 258 g/mol. The van der Waals surface area contributed by atoms with Gasteiger partial charge in [-0.1, -0.05) is 0 Å². The molecular weight excluding hydrogens is 244 g/mol. The van der Waals surface area contributed by atoms with Crippen LogP contribution in [0.4, 0.5) is 0 Å². The second-order valence-electron chi connectivity index (χ2n) is 3.32. The summed E-state index contributed by atoms with van der Waals surface area (Å²) in [6, 6.07) is 0. The molecule has 2 N–H and O–H groups in total. The molecule has 0 fully saturated rings. The molecule has 94 valence electrons. The van der Waals surface area contributed by atoms with Crippen LogP contribution in [0.25, 0.3) is 0 Å². The molecule has 17 heavy (non-hydrogen) atoms. The molecule has 0 unspecified atom stereocenters. The summed E-state index contributed by atoms with van der Waals surface area (Å²) in [5.41, 5.74) is -0.161. The van der Waals surface area contributed by atoms with E-state index in [0.29, 0.717) is 24.7 Å². The van der Waals surface area contributed by atoms with Gasteiger partial charge in [0.15, 0.2) is 11.5 Å². The highest BCUT2D eigenvalue weighted by Gasteiger charge is 2.19.